The molecule has 1 heterocycles. The van der Waals surface area contributed by atoms with Gasteiger partial charge in [-0.2, -0.15) is 5.10 Å². The molecule has 0 spiro atoms. The number of hydrogen-bond acceptors (Lipinski definition) is 5. The van der Waals surface area contributed by atoms with Gasteiger partial charge in [0, 0.05) is 11.8 Å². The molecule has 1 atom stereocenters. The maximum atomic E-state index is 11.1. The van der Waals surface area contributed by atoms with Crippen LogP contribution in [0.15, 0.2) is 30.6 Å². The minimum absolute atomic E-state index is 0.0691. The Morgan fingerprint density at radius 2 is 2.32 bits per heavy atom. The molecule has 0 saturated carbocycles. The van der Waals surface area contributed by atoms with Crippen molar-refractivity contribution in [2.45, 2.75) is 13.0 Å². The minimum atomic E-state index is -0.455. The maximum absolute atomic E-state index is 11.1. The van der Waals surface area contributed by atoms with E-state index in [-0.39, 0.29) is 17.5 Å². The van der Waals surface area contributed by atoms with Crippen LogP contribution in [-0.4, -0.2) is 22.2 Å². The highest BCUT2D eigenvalue weighted by Crippen LogP contribution is 2.36. The molecule has 2 aromatic rings. The van der Waals surface area contributed by atoms with Crippen LogP contribution in [0.2, 0.25) is 0 Å². The Balaban J connectivity index is 2.32. The number of para-hydroxylation sites is 1. The first kappa shape index (κ1) is 12.9. The van der Waals surface area contributed by atoms with Crippen LogP contribution in [0.5, 0.6) is 5.75 Å². The topological polar surface area (TPSA) is 93.1 Å². The fourth-order valence-corrected chi connectivity index (χ4v) is 1.81. The van der Waals surface area contributed by atoms with Crippen molar-refractivity contribution < 1.29 is 9.66 Å². The summed E-state index contributed by atoms with van der Waals surface area (Å²) in [5.74, 6) is 0.231. The van der Waals surface area contributed by atoms with E-state index in [4.69, 9.17) is 4.74 Å². The molecule has 0 aliphatic rings. The van der Waals surface area contributed by atoms with Gasteiger partial charge >= 0.3 is 5.69 Å². The van der Waals surface area contributed by atoms with E-state index in [0.29, 0.717) is 5.69 Å². The first-order chi connectivity index (χ1) is 9.13. The van der Waals surface area contributed by atoms with Crippen molar-refractivity contribution in [2.75, 3.05) is 12.4 Å². The molecule has 7 heteroatoms. The van der Waals surface area contributed by atoms with Crippen molar-refractivity contribution >= 4 is 11.4 Å². The highest BCUT2D eigenvalue weighted by molar-refractivity contribution is 5.68. The third-order valence-corrected chi connectivity index (χ3v) is 2.79. The molecule has 0 bridgehead atoms. The molecule has 2 N–H and O–H groups in total. The van der Waals surface area contributed by atoms with Crippen molar-refractivity contribution in [2.24, 2.45) is 0 Å². The Kier molecular flexibility index (Phi) is 3.65. The maximum Gasteiger partial charge on any atom is 0.333 e. The molecule has 19 heavy (non-hydrogen) atoms. The standard InChI is InChI=1S/C12H14N4O3/c1-8(9-6-13-14-7-9)15-10-4-3-5-11(19-2)12(10)16(17)18/h3-8,15H,1-2H3,(H,13,14). The van der Waals surface area contributed by atoms with Crippen molar-refractivity contribution in [3.05, 3.63) is 46.3 Å². The SMILES string of the molecule is COc1cccc(NC(C)c2cn[nH]c2)c1[N+](=O)[O-]. The van der Waals surface area contributed by atoms with E-state index < -0.39 is 4.92 Å². The fraction of sp³-hybridized carbons (Fsp3) is 0.250. The lowest BCUT2D eigenvalue weighted by Gasteiger charge is -2.14. The van der Waals surface area contributed by atoms with Gasteiger partial charge in [0.15, 0.2) is 5.75 Å². The molecule has 0 radical (unpaired) electrons. The predicted molar refractivity (Wildman–Crippen MR) is 70.3 cm³/mol. The molecule has 0 fully saturated rings. The van der Waals surface area contributed by atoms with Crippen molar-refractivity contribution in [3.8, 4) is 5.75 Å². The van der Waals surface area contributed by atoms with Gasteiger partial charge in [0.1, 0.15) is 5.69 Å². The largest absolute Gasteiger partial charge is 0.490 e. The van der Waals surface area contributed by atoms with Gasteiger partial charge in [-0.05, 0) is 19.1 Å². The summed E-state index contributed by atoms with van der Waals surface area (Å²) in [5.41, 5.74) is 1.26. The Bertz CT molecular complexity index is 568. The lowest BCUT2D eigenvalue weighted by atomic mass is 10.1. The Hall–Kier alpha value is -2.57. The van der Waals surface area contributed by atoms with E-state index in [1.807, 2.05) is 6.92 Å². The summed E-state index contributed by atoms with van der Waals surface area (Å²) in [6, 6.07) is 4.81. The molecule has 1 aromatic heterocycles. The summed E-state index contributed by atoms with van der Waals surface area (Å²) in [6.07, 6.45) is 3.41. The number of nitrogens with zero attached hydrogens (tertiary/aromatic N) is 2. The normalized spacial score (nSPS) is 11.9. The van der Waals surface area contributed by atoms with Crippen LogP contribution >= 0.6 is 0 Å². The molecular formula is C12H14N4O3. The van der Waals surface area contributed by atoms with E-state index in [1.165, 1.54) is 7.11 Å². The third-order valence-electron chi connectivity index (χ3n) is 2.79. The number of methoxy groups -OCH3 is 1. The highest BCUT2D eigenvalue weighted by Gasteiger charge is 2.21. The van der Waals surface area contributed by atoms with E-state index in [2.05, 4.69) is 15.5 Å². The molecule has 0 amide bonds. The van der Waals surface area contributed by atoms with Crippen LogP contribution in [0.4, 0.5) is 11.4 Å². The van der Waals surface area contributed by atoms with Gasteiger partial charge in [-0.1, -0.05) is 6.07 Å². The van der Waals surface area contributed by atoms with Gasteiger partial charge in [-0.25, -0.2) is 0 Å². The van der Waals surface area contributed by atoms with Crippen LogP contribution in [0, 0.1) is 10.1 Å². The fourth-order valence-electron chi connectivity index (χ4n) is 1.81. The lowest BCUT2D eigenvalue weighted by Crippen LogP contribution is -2.08. The second-order valence-electron chi connectivity index (χ2n) is 4.01. The van der Waals surface area contributed by atoms with E-state index in [9.17, 15) is 10.1 Å². The minimum Gasteiger partial charge on any atom is -0.490 e. The quantitative estimate of drug-likeness (QED) is 0.637. The molecule has 100 valence electrons. The summed E-state index contributed by atoms with van der Waals surface area (Å²) >= 11 is 0. The number of anilines is 1. The molecule has 7 nitrogen and oxygen atoms in total. The van der Waals surface area contributed by atoms with Gasteiger partial charge in [0.2, 0.25) is 0 Å². The van der Waals surface area contributed by atoms with E-state index >= 15 is 0 Å². The van der Waals surface area contributed by atoms with E-state index in [1.54, 1.807) is 30.6 Å². The van der Waals surface area contributed by atoms with Gasteiger partial charge in [-0.3, -0.25) is 15.2 Å². The highest BCUT2D eigenvalue weighted by atomic mass is 16.6. The molecule has 1 unspecified atom stereocenters. The summed E-state index contributed by atoms with van der Waals surface area (Å²) < 4.78 is 5.02. The second-order valence-corrected chi connectivity index (χ2v) is 4.01. The zero-order valence-corrected chi connectivity index (χ0v) is 10.6. The molecule has 0 saturated heterocycles. The van der Waals surface area contributed by atoms with Crippen LogP contribution in [0.3, 0.4) is 0 Å². The number of nitrogens with one attached hydrogen (secondary N) is 2. The summed E-state index contributed by atoms with van der Waals surface area (Å²) in [6.45, 7) is 1.90. The zero-order chi connectivity index (χ0) is 13.8. The number of ether oxygens (including phenoxy) is 1. The lowest BCUT2D eigenvalue weighted by molar-refractivity contribution is -0.384. The van der Waals surface area contributed by atoms with E-state index in [0.717, 1.165) is 5.56 Å². The molecule has 2 rings (SSSR count). The summed E-state index contributed by atoms with van der Waals surface area (Å²) in [7, 11) is 1.41. The number of H-pyrrole nitrogens is 1. The average molecular weight is 262 g/mol. The number of aromatic nitrogens is 2. The van der Waals surface area contributed by atoms with Gasteiger partial charge < -0.3 is 10.1 Å². The molecule has 0 aliphatic carbocycles. The Morgan fingerprint density at radius 1 is 1.53 bits per heavy atom. The summed E-state index contributed by atoms with van der Waals surface area (Å²) in [5, 5.41) is 20.8. The number of aromatic amines is 1. The van der Waals surface area contributed by atoms with Crippen LogP contribution in [0.1, 0.15) is 18.5 Å². The molecular weight excluding hydrogens is 248 g/mol. The monoisotopic (exact) mass is 262 g/mol. The number of nitro benzene ring substituents is 1. The van der Waals surface area contributed by atoms with Gasteiger partial charge in [-0.15, -0.1) is 0 Å². The zero-order valence-electron chi connectivity index (χ0n) is 10.6. The van der Waals surface area contributed by atoms with Crippen molar-refractivity contribution in [1.29, 1.82) is 0 Å². The predicted octanol–water partition coefficient (Wildman–Crippen LogP) is 2.50. The third kappa shape index (κ3) is 2.65. The van der Waals surface area contributed by atoms with Gasteiger partial charge in [0.25, 0.3) is 0 Å². The first-order valence-corrected chi connectivity index (χ1v) is 5.70. The van der Waals surface area contributed by atoms with Crippen molar-refractivity contribution in [1.82, 2.24) is 10.2 Å². The van der Waals surface area contributed by atoms with Crippen LogP contribution in [0.25, 0.3) is 0 Å². The number of hydrogen-bond donors (Lipinski definition) is 2. The first-order valence-electron chi connectivity index (χ1n) is 5.70. The van der Waals surface area contributed by atoms with Crippen molar-refractivity contribution in [3.63, 3.8) is 0 Å². The number of rotatable bonds is 5. The molecule has 1 aromatic carbocycles. The smallest absolute Gasteiger partial charge is 0.333 e. The van der Waals surface area contributed by atoms with Gasteiger partial charge in [0.05, 0.1) is 24.3 Å². The van der Waals surface area contributed by atoms with Crippen LogP contribution < -0.4 is 10.1 Å². The Labute approximate surface area is 109 Å². The Morgan fingerprint density at radius 3 is 2.89 bits per heavy atom. The number of nitro groups is 1. The number of benzene rings is 1. The van der Waals surface area contributed by atoms with Crippen LogP contribution in [-0.2, 0) is 0 Å². The average Bonchev–Trinajstić information content (AvgIpc) is 2.92. The summed E-state index contributed by atoms with van der Waals surface area (Å²) in [4.78, 5) is 10.7. The second kappa shape index (κ2) is 5.38. The molecule has 0 aliphatic heterocycles.